The molecule has 0 bridgehead atoms. The molecule has 0 spiro atoms. The molecule has 2 aliphatic heterocycles. The summed E-state index contributed by atoms with van der Waals surface area (Å²) in [5.41, 5.74) is 2.25. The molecule has 4 rings (SSSR count). The molecule has 5 heteroatoms. The van der Waals surface area contributed by atoms with Crippen LogP contribution >= 0.6 is 0 Å². The van der Waals surface area contributed by atoms with Crippen LogP contribution in [0.25, 0.3) is 11.4 Å². The van der Waals surface area contributed by atoms with Crippen molar-refractivity contribution >= 4 is 0 Å². The van der Waals surface area contributed by atoms with Gasteiger partial charge >= 0.3 is 0 Å². The Bertz CT molecular complexity index is 609. The van der Waals surface area contributed by atoms with Gasteiger partial charge < -0.3 is 9.84 Å². The summed E-state index contributed by atoms with van der Waals surface area (Å²) in [4.78, 5) is 6.97. The lowest BCUT2D eigenvalue weighted by Gasteiger charge is -2.13. The molecule has 0 amide bonds. The molecule has 0 saturated carbocycles. The number of hydrogen-bond acceptors (Lipinski definition) is 5. The van der Waals surface area contributed by atoms with Gasteiger partial charge in [0.25, 0.3) is 0 Å². The van der Waals surface area contributed by atoms with E-state index in [4.69, 9.17) is 4.52 Å². The molecular formula is C16H20N4O. The molecule has 2 saturated heterocycles. The van der Waals surface area contributed by atoms with Gasteiger partial charge in [-0.3, -0.25) is 4.90 Å². The van der Waals surface area contributed by atoms with E-state index in [2.05, 4.69) is 39.4 Å². The maximum Gasteiger partial charge on any atom is 0.241 e. The van der Waals surface area contributed by atoms with Gasteiger partial charge in [0.2, 0.25) is 11.7 Å². The standard InChI is InChI=1S/C16H20N4O/c1-11-2-4-12(5-3-11)16-18-15(21-19-16)10-20-8-13-6-17-7-14(13)9-20/h2-5,13-14,17H,6-10H2,1H3. The van der Waals surface area contributed by atoms with Gasteiger partial charge in [0, 0.05) is 18.7 Å². The molecule has 2 unspecified atom stereocenters. The lowest BCUT2D eigenvalue weighted by atomic mass is 10.0. The van der Waals surface area contributed by atoms with Crippen molar-refractivity contribution in [2.45, 2.75) is 13.5 Å². The van der Waals surface area contributed by atoms with Crippen LogP contribution in [0.4, 0.5) is 0 Å². The van der Waals surface area contributed by atoms with Gasteiger partial charge in [0.15, 0.2) is 0 Å². The Kier molecular flexibility index (Phi) is 3.24. The highest BCUT2D eigenvalue weighted by Crippen LogP contribution is 2.27. The van der Waals surface area contributed by atoms with Crippen molar-refractivity contribution in [1.29, 1.82) is 0 Å². The number of nitrogens with one attached hydrogen (secondary N) is 1. The molecule has 2 aromatic rings. The summed E-state index contributed by atoms with van der Waals surface area (Å²) in [6.45, 7) is 7.43. The fourth-order valence-corrected chi connectivity index (χ4v) is 3.41. The first-order valence-electron chi connectivity index (χ1n) is 7.60. The van der Waals surface area contributed by atoms with Crippen molar-refractivity contribution in [3.8, 4) is 11.4 Å². The lowest BCUT2D eigenvalue weighted by molar-refractivity contribution is 0.253. The maximum atomic E-state index is 5.41. The van der Waals surface area contributed by atoms with E-state index in [-0.39, 0.29) is 0 Å². The monoisotopic (exact) mass is 284 g/mol. The summed E-state index contributed by atoms with van der Waals surface area (Å²) in [7, 11) is 0. The van der Waals surface area contributed by atoms with E-state index < -0.39 is 0 Å². The molecule has 3 heterocycles. The fraction of sp³-hybridized carbons (Fsp3) is 0.500. The minimum Gasteiger partial charge on any atom is -0.338 e. The zero-order valence-corrected chi connectivity index (χ0v) is 12.2. The molecule has 0 radical (unpaired) electrons. The second-order valence-corrected chi connectivity index (χ2v) is 6.25. The molecule has 0 aliphatic carbocycles. The molecule has 1 aromatic carbocycles. The van der Waals surface area contributed by atoms with Gasteiger partial charge in [-0.1, -0.05) is 35.0 Å². The first-order valence-corrected chi connectivity index (χ1v) is 7.60. The van der Waals surface area contributed by atoms with Crippen LogP contribution in [0.5, 0.6) is 0 Å². The van der Waals surface area contributed by atoms with E-state index in [1.807, 2.05) is 12.1 Å². The normalized spacial score (nSPS) is 25.4. The van der Waals surface area contributed by atoms with Crippen molar-refractivity contribution in [3.63, 3.8) is 0 Å². The van der Waals surface area contributed by atoms with Gasteiger partial charge in [0.1, 0.15) is 0 Å². The molecule has 2 atom stereocenters. The van der Waals surface area contributed by atoms with Crippen molar-refractivity contribution in [3.05, 3.63) is 35.7 Å². The number of benzene rings is 1. The van der Waals surface area contributed by atoms with Gasteiger partial charge in [-0.15, -0.1) is 0 Å². The van der Waals surface area contributed by atoms with Crippen LogP contribution in [0, 0.1) is 18.8 Å². The highest BCUT2D eigenvalue weighted by Gasteiger charge is 2.36. The highest BCUT2D eigenvalue weighted by molar-refractivity contribution is 5.54. The maximum absolute atomic E-state index is 5.41. The van der Waals surface area contributed by atoms with Gasteiger partial charge in [-0.25, -0.2) is 0 Å². The second kappa shape index (κ2) is 5.24. The molecule has 1 aromatic heterocycles. The molecule has 2 fully saturated rings. The van der Waals surface area contributed by atoms with Crippen LogP contribution in [0.15, 0.2) is 28.8 Å². The topological polar surface area (TPSA) is 54.2 Å². The molecule has 2 aliphatic rings. The number of likely N-dealkylation sites (tertiary alicyclic amines) is 1. The van der Waals surface area contributed by atoms with E-state index >= 15 is 0 Å². The van der Waals surface area contributed by atoms with Crippen molar-refractivity contribution < 1.29 is 4.52 Å². The second-order valence-electron chi connectivity index (χ2n) is 6.25. The minimum atomic E-state index is 0.686. The van der Waals surface area contributed by atoms with Crippen molar-refractivity contribution in [2.24, 2.45) is 11.8 Å². The number of aryl methyl sites for hydroxylation is 1. The summed E-state index contributed by atoms with van der Waals surface area (Å²) in [6, 6.07) is 8.21. The highest BCUT2D eigenvalue weighted by atomic mass is 16.5. The van der Waals surface area contributed by atoms with Crippen LogP contribution in [0.1, 0.15) is 11.5 Å². The lowest BCUT2D eigenvalue weighted by Crippen LogP contribution is -2.25. The van der Waals surface area contributed by atoms with E-state index in [1.54, 1.807) is 0 Å². The largest absolute Gasteiger partial charge is 0.338 e. The molecular weight excluding hydrogens is 264 g/mol. The Morgan fingerprint density at radius 3 is 2.62 bits per heavy atom. The van der Waals surface area contributed by atoms with Crippen LogP contribution in [0.3, 0.4) is 0 Å². The van der Waals surface area contributed by atoms with E-state index in [0.29, 0.717) is 5.82 Å². The third-order valence-corrected chi connectivity index (χ3v) is 4.60. The Hall–Kier alpha value is -1.72. The molecule has 1 N–H and O–H groups in total. The smallest absolute Gasteiger partial charge is 0.241 e. The number of fused-ring (bicyclic) bond motifs is 1. The average molecular weight is 284 g/mol. The minimum absolute atomic E-state index is 0.686. The Morgan fingerprint density at radius 2 is 1.90 bits per heavy atom. The van der Waals surface area contributed by atoms with Crippen LogP contribution in [0.2, 0.25) is 0 Å². The SMILES string of the molecule is Cc1ccc(-c2noc(CN3CC4CNCC4C3)n2)cc1. The van der Waals surface area contributed by atoms with Crippen molar-refractivity contribution in [2.75, 3.05) is 26.2 Å². The third kappa shape index (κ3) is 2.59. The molecule has 5 nitrogen and oxygen atoms in total. The molecule has 21 heavy (non-hydrogen) atoms. The number of hydrogen-bond donors (Lipinski definition) is 1. The third-order valence-electron chi connectivity index (χ3n) is 4.60. The first-order chi connectivity index (χ1) is 10.3. The summed E-state index contributed by atoms with van der Waals surface area (Å²) in [5, 5.41) is 7.57. The average Bonchev–Trinajstić information content (AvgIpc) is 3.16. The summed E-state index contributed by atoms with van der Waals surface area (Å²) < 4.78 is 5.41. The summed E-state index contributed by atoms with van der Waals surface area (Å²) >= 11 is 0. The van der Waals surface area contributed by atoms with E-state index in [9.17, 15) is 0 Å². The Labute approximate surface area is 124 Å². The fourth-order valence-electron chi connectivity index (χ4n) is 3.41. The summed E-state index contributed by atoms with van der Waals surface area (Å²) in [5.74, 6) is 3.00. The quantitative estimate of drug-likeness (QED) is 0.929. The van der Waals surface area contributed by atoms with Gasteiger partial charge in [-0.2, -0.15) is 4.98 Å². The van der Waals surface area contributed by atoms with Crippen LogP contribution in [-0.2, 0) is 6.54 Å². The van der Waals surface area contributed by atoms with Gasteiger partial charge in [-0.05, 0) is 31.8 Å². The number of aromatic nitrogens is 2. The van der Waals surface area contributed by atoms with E-state index in [1.165, 1.54) is 5.56 Å². The van der Waals surface area contributed by atoms with Crippen LogP contribution < -0.4 is 5.32 Å². The zero-order chi connectivity index (χ0) is 14.2. The number of rotatable bonds is 3. The summed E-state index contributed by atoms with van der Waals surface area (Å²) in [6.07, 6.45) is 0. The zero-order valence-electron chi connectivity index (χ0n) is 12.2. The van der Waals surface area contributed by atoms with E-state index in [0.717, 1.165) is 56.0 Å². The Balaban J connectivity index is 1.44. The predicted molar refractivity (Wildman–Crippen MR) is 79.6 cm³/mol. The Morgan fingerprint density at radius 1 is 1.19 bits per heavy atom. The van der Waals surface area contributed by atoms with Crippen LogP contribution in [-0.4, -0.2) is 41.2 Å². The predicted octanol–water partition coefficient (Wildman–Crippen LogP) is 1.70. The first kappa shape index (κ1) is 13.0. The molecule has 110 valence electrons. The van der Waals surface area contributed by atoms with Crippen molar-refractivity contribution in [1.82, 2.24) is 20.4 Å². The van der Waals surface area contributed by atoms with Gasteiger partial charge in [0.05, 0.1) is 6.54 Å². The number of nitrogens with zero attached hydrogens (tertiary/aromatic N) is 3.